The van der Waals surface area contributed by atoms with Crippen molar-refractivity contribution in [1.29, 1.82) is 0 Å². The van der Waals surface area contributed by atoms with E-state index < -0.39 is 0 Å². The molecule has 124 valence electrons. The molecule has 2 aromatic heterocycles. The van der Waals surface area contributed by atoms with Crippen LogP contribution in [0.4, 0.5) is 5.13 Å². The average molecular weight is 351 g/mol. The number of rotatable bonds is 3. The van der Waals surface area contributed by atoms with Crippen LogP contribution < -0.4 is 10.6 Å². The molecule has 23 heavy (non-hydrogen) atoms. The van der Waals surface area contributed by atoms with E-state index in [2.05, 4.69) is 41.4 Å². The van der Waals surface area contributed by atoms with Crippen molar-refractivity contribution in [2.45, 2.75) is 44.9 Å². The van der Waals surface area contributed by atoms with E-state index in [1.165, 1.54) is 16.2 Å². The molecule has 0 aliphatic carbocycles. The van der Waals surface area contributed by atoms with Gasteiger partial charge in [0.15, 0.2) is 5.13 Å². The number of nitrogens with one attached hydrogen (secondary N) is 2. The quantitative estimate of drug-likeness (QED) is 0.887. The van der Waals surface area contributed by atoms with Crippen LogP contribution in [-0.4, -0.2) is 29.0 Å². The lowest BCUT2D eigenvalue weighted by molar-refractivity contribution is 0.102. The first-order chi connectivity index (χ1) is 10.9. The Labute approximate surface area is 144 Å². The van der Waals surface area contributed by atoms with E-state index in [1.54, 1.807) is 16.8 Å². The second-order valence-corrected chi connectivity index (χ2v) is 8.74. The zero-order chi connectivity index (χ0) is 16.4. The first-order valence-electron chi connectivity index (χ1n) is 7.87. The lowest BCUT2D eigenvalue weighted by Gasteiger charge is -2.20. The van der Waals surface area contributed by atoms with Crippen molar-refractivity contribution in [1.82, 2.24) is 15.3 Å². The highest BCUT2D eigenvalue weighted by Crippen LogP contribution is 2.33. The van der Waals surface area contributed by atoms with Gasteiger partial charge in [0.25, 0.3) is 5.91 Å². The molecular weight excluding hydrogens is 328 g/mol. The molecule has 1 fully saturated rings. The molecule has 1 aliphatic heterocycles. The van der Waals surface area contributed by atoms with E-state index in [4.69, 9.17) is 0 Å². The standard InChI is InChI=1S/C16H22N4OS2/c1-16(2,3)13-12(22-9-19-13)14(21)20-15-18-8-11(23-15)10-4-6-17-7-5-10/h8-10,17H,4-7H2,1-3H3,(H,18,20,21). The van der Waals surface area contributed by atoms with Gasteiger partial charge in [-0.1, -0.05) is 20.8 Å². The van der Waals surface area contributed by atoms with Gasteiger partial charge in [0.2, 0.25) is 0 Å². The molecule has 0 unspecified atom stereocenters. The van der Waals surface area contributed by atoms with Gasteiger partial charge in [-0.2, -0.15) is 0 Å². The fourth-order valence-corrected chi connectivity index (χ4v) is 4.61. The summed E-state index contributed by atoms with van der Waals surface area (Å²) in [5.41, 5.74) is 2.43. The molecule has 0 spiro atoms. The smallest absolute Gasteiger partial charge is 0.269 e. The molecule has 7 heteroatoms. The number of anilines is 1. The Morgan fingerprint density at radius 3 is 2.74 bits per heavy atom. The molecule has 0 atom stereocenters. The predicted octanol–water partition coefficient (Wildman–Crippen LogP) is 3.62. The number of aromatic nitrogens is 2. The zero-order valence-electron chi connectivity index (χ0n) is 13.7. The van der Waals surface area contributed by atoms with E-state index in [0.717, 1.165) is 31.6 Å². The van der Waals surface area contributed by atoms with Crippen molar-refractivity contribution in [3.05, 3.63) is 27.2 Å². The second kappa shape index (κ2) is 6.67. The Hall–Kier alpha value is -1.31. The van der Waals surface area contributed by atoms with Crippen molar-refractivity contribution in [2.24, 2.45) is 0 Å². The van der Waals surface area contributed by atoms with Crippen LogP contribution in [0.1, 0.15) is 59.8 Å². The number of hydrogen-bond acceptors (Lipinski definition) is 6. The van der Waals surface area contributed by atoms with Crippen molar-refractivity contribution in [2.75, 3.05) is 18.4 Å². The van der Waals surface area contributed by atoms with Crippen molar-refractivity contribution >= 4 is 33.7 Å². The fourth-order valence-electron chi connectivity index (χ4n) is 2.73. The Bertz CT molecular complexity index is 680. The summed E-state index contributed by atoms with van der Waals surface area (Å²) in [5.74, 6) is 0.455. The van der Waals surface area contributed by atoms with E-state index in [9.17, 15) is 4.79 Å². The highest BCUT2D eigenvalue weighted by molar-refractivity contribution is 7.16. The summed E-state index contributed by atoms with van der Waals surface area (Å²) in [6.07, 6.45) is 4.19. The summed E-state index contributed by atoms with van der Waals surface area (Å²) in [5, 5.41) is 6.99. The summed E-state index contributed by atoms with van der Waals surface area (Å²) in [6, 6.07) is 0. The molecule has 0 saturated carbocycles. The van der Waals surface area contributed by atoms with E-state index in [-0.39, 0.29) is 11.3 Å². The van der Waals surface area contributed by atoms with Crippen LogP contribution in [-0.2, 0) is 5.41 Å². The Morgan fingerprint density at radius 2 is 2.04 bits per heavy atom. The zero-order valence-corrected chi connectivity index (χ0v) is 15.3. The first-order valence-corrected chi connectivity index (χ1v) is 9.56. The molecule has 0 bridgehead atoms. The Balaban J connectivity index is 1.71. The maximum Gasteiger partial charge on any atom is 0.269 e. The minimum Gasteiger partial charge on any atom is -0.317 e. The molecule has 2 N–H and O–H groups in total. The average Bonchev–Trinajstić information content (AvgIpc) is 3.16. The van der Waals surface area contributed by atoms with Crippen molar-refractivity contribution in [3.8, 4) is 0 Å². The van der Waals surface area contributed by atoms with Crippen LogP contribution in [0.25, 0.3) is 0 Å². The molecule has 1 saturated heterocycles. The summed E-state index contributed by atoms with van der Waals surface area (Å²) >= 11 is 2.98. The third kappa shape index (κ3) is 3.79. The van der Waals surface area contributed by atoms with Gasteiger partial charge in [-0.25, -0.2) is 9.97 Å². The van der Waals surface area contributed by atoms with Crippen LogP contribution in [0.3, 0.4) is 0 Å². The Morgan fingerprint density at radius 1 is 1.30 bits per heavy atom. The van der Waals surface area contributed by atoms with Gasteiger partial charge in [-0.15, -0.1) is 22.7 Å². The largest absolute Gasteiger partial charge is 0.317 e. The minimum absolute atomic E-state index is 0.108. The lowest BCUT2D eigenvalue weighted by atomic mass is 9.91. The van der Waals surface area contributed by atoms with Gasteiger partial charge in [-0.05, 0) is 31.8 Å². The van der Waals surface area contributed by atoms with Crippen LogP contribution in [0.5, 0.6) is 0 Å². The number of carbonyl (C=O) groups excluding carboxylic acids is 1. The highest BCUT2D eigenvalue weighted by atomic mass is 32.1. The SMILES string of the molecule is CC(C)(C)c1ncsc1C(=O)Nc1ncc(C2CCNCC2)s1. The molecule has 0 aromatic carbocycles. The van der Waals surface area contributed by atoms with Gasteiger partial charge in [-0.3, -0.25) is 10.1 Å². The number of piperidine rings is 1. The second-order valence-electron chi connectivity index (χ2n) is 6.83. The minimum atomic E-state index is -0.143. The Kier molecular flexibility index (Phi) is 4.79. The highest BCUT2D eigenvalue weighted by Gasteiger charge is 2.25. The summed E-state index contributed by atoms with van der Waals surface area (Å²) < 4.78 is 0. The number of nitrogens with zero attached hydrogens (tertiary/aromatic N) is 2. The van der Waals surface area contributed by atoms with Crippen LogP contribution in [0.15, 0.2) is 11.7 Å². The number of carbonyl (C=O) groups is 1. The molecule has 5 nitrogen and oxygen atoms in total. The summed E-state index contributed by atoms with van der Waals surface area (Å²) in [7, 11) is 0. The molecule has 2 aromatic rings. The van der Waals surface area contributed by atoms with Crippen LogP contribution in [0.2, 0.25) is 0 Å². The van der Waals surface area contributed by atoms with Gasteiger partial charge in [0.05, 0.1) is 11.2 Å². The van der Waals surface area contributed by atoms with E-state index in [0.29, 0.717) is 15.9 Å². The number of amides is 1. The lowest BCUT2D eigenvalue weighted by Crippen LogP contribution is -2.26. The normalized spacial score (nSPS) is 16.5. The third-order valence-electron chi connectivity index (χ3n) is 3.97. The third-order valence-corrected chi connectivity index (χ3v) is 5.87. The molecule has 0 radical (unpaired) electrons. The predicted molar refractivity (Wildman–Crippen MR) is 95.7 cm³/mol. The fraction of sp³-hybridized carbons (Fsp3) is 0.562. The number of thiazole rings is 2. The van der Waals surface area contributed by atoms with Crippen molar-refractivity contribution < 1.29 is 4.79 Å². The monoisotopic (exact) mass is 350 g/mol. The first kappa shape index (κ1) is 16.5. The van der Waals surface area contributed by atoms with Crippen molar-refractivity contribution in [3.63, 3.8) is 0 Å². The maximum absolute atomic E-state index is 12.5. The van der Waals surface area contributed by atoms with Crippen LogP contribution >= 0.6 is 22.7 Å². The van der Waals surface area contributed by atoms with Gasteiger partial charge in [0.1, 0.15) is 4.88 Å². The van der Waals surface area contributed by atoms with Crippen LogP contribution in [0, 0.1) is 0 Å². The van der Waals surface area contributed by atoms with Gasteiger partial charge >= 0.3 is 0 Å². The summed E-state index contributed by atoms with van der Waals surface area (Å²) in [4.78, 5) is 23.2. The van der Waals surface area contributed by atoms with Gasteiger partial charge < -0.3 is 5.32 Å². The maximum atomic E-state index is 12.5. The van der Waals surface area contributed by atoms with Gasteiger partial charge in [0, 0.05) is 16.5 Å². The summed E-state index contributed by atoms with van der Waals surface area (Å²) in [6.45, 7) is 8.31. The molecule has 3 rings (SSSR count). The molecular formula is C16H22N4OS2. The molecule has 3 heterocycles. The molecule has 1 amide bonds. The topological polar surface area (TPSA) is 66.9 Å². The van der Waals surface area contributed by atoms with E-state index in [1.807, 2.05) is 6.20 Å². The molecule has 1 aliphatic rings. The number of hydrogen-bond donors (Lipinski definition) is 2. The van der Waals surface area contributed by atoms with E-state index >= 15 is 0 Å².